The number of hydrogen-bond donors (Lipinski definition) is 2. The lowest BCUT2D eigenvalue weighted by Crippen LogP contribution is -2.34. The van der Waals surface area contributed by atoms with Gasteiger partial charge in [-0.25, -0.2) is 0 Å². The van der Waals surface area contributed by atoms with E-state index in [4.69, 9.17) is 10.5 Å². The Hall–Kier alpha value is -1.37. The third kappa shape index (κ3) is 4.09. The summed E-state index contributed by atoms with van der Waals surface area (Å²) in [6.07, 6.45) is 4.68. The van der Waals surface area contributed by atoms with Gasteiger partial charge in [0.15, 0.2) is 5.75 Å². The quantitative estimate of drug-likeness (QED) is 0.638. The van der Waals surface area contributed by atoms with Crippen molar-refractivity contribution in [3.05, 3.63) is 33.9 Å². The molecule has 1 aliphatic carbocycles. The van der Waals surface area contributed by atoms with Crippen LogP contribution in [0.5, 0.6) is 5.75 Å². The number of nitro benzene ring substituents is 1. The fraction of sp³-hybridized carbons (Fsp3) is 0.600. The molecule has 6 nitrogen and oxygen atoms in total. The number of hydrogen-bond acceptors (Lipinski definition) is 5. The number of ether oxygens (including phenoxy) is 1. The van der Waals surface area contributed by atoms with Crippen LogP contribution in [0.1, 0.15) is 43.7 Å². The van der Waals surface area contributed by atoms with E-state index in [-0.39, 0.29) is 29.8 Å². The van der Waals surface area contributed by atoms with Crippen molar-refractivity contribution in [1.29, 1.82) is 0 Å². The SMILES string of the molecule is COc1ccc([C@H](N)[C@H](O)C2CCCCC2)cc1[N+](=O)[O-].Cl. The predicted molar refractivity (Wildman–Crippen MR) is 86.4 cm³/mol. The second kappa shape index (κ2) is 8.31. The molecule has 22 heavy (non-hydrogen) atoms. The van der Waals surface area contributed by atoms with Crippen molar-refractivity contribution in [2.45, 2.75) is 44.2 Å². The maximum atomic E-state index is 11.0. The molecule has 0 aliphatic heterocycles. The van der Waals surface area contributed by atoms with E-state index in [0.29, 0.717) is 5.56 Å². The largest absolute Gasteiger partial charge is 0.490 e. The topological polar surface area (TPSA) is 98.6 Å². The molecule has 7 heteroatoms. The number of halogens is 1. The lowest BCUT2D eigenvalue weighted by Gasteiger charge is -2.30. The molecule has 0 aromatic heterocycles. The highest BCUT2D eigenvalue weighted by molar-refractivity contribution is 5.85. The van der Waals surface area contributed by atoms with Gasteiger partial charge in [0.05, 0.1) is 24.2 Å². The summed E-state index contributed by atoms with van der Waals surface area (Å²) in [7, 11) is 1.39. The number of nitrogens with zero attached hydrogens (tertiary/aromatic N) is 1. The summed E-state index contributed by atoms with van der Waals surface area (Å²) in [5.74, 6) is 0.373. The Balaban J connectivity index is 0.00000242. The molecule has 0 radical (unpaired) electrons. The Labute approximate surface area is 136 Å². The average Bonchev–Trinajstić information content (AvgIpc) is 2.53. The highest BCUT2D eigenvalue weighted by Gasteiger charge is 2.29. The third-order valence-corrected chi connectivity index (χ3v) is 4.29. The van der Waals surface area contributed by atoms with Crippen LogP contribution in [0.2, 0.25) is 0 Å². The van der Waals surface area contributed by atoms with E-state index in [2.05, 4.69) is 0 Å². The molecule has 3 N–H and O–H groups in total. The summed E-state index contributed by atoms with van der Waals surface area (Å²) in [5, 5.41) is 21.5. The van der Waals surface area contributed by atoms with Crippen molar-refractivity contribution in [2.75, 3.05) is 7.11 Å². The van der Waals surface area contributed by atoms with E-state index in [1.54, 1.807) is 6.07 Å². The number of nitrogens with two attached hydrogens (primary N) is 1. The average molecular weight is 331 g/mol. The first-order chi connectivity index (χ1) is 10.0. The maximum absolute atomic E-state index is 11.0. The lowest BCUT2D eigenvalue weighted by molar-refractivity contribution is -0.385. The van der Waals surface area contributed by atoms with Gasteiger partial charge in [-0.15, -0.1) is 12.4 Å². The van der Waals surface area contributed by atoms with Gasteiger partial charge in [-0.2, -0.15) is 0 Å². The van der Waals surface area contributed by atoms with Crippen molar-refractivity contribution >= 4 is 18.1 Å². The van der Waals surface area contributed by atoms with Crippen LogP contribution in [-0.4, -0.2) is 23.2 Å². The van der Waals surface area contributed by atoms with E-state index in [0.717, 1.165) is 25.7 Å². The minimum absolute atomic E-state index is 0. The number of nitro groups is 1. The number of benzene rings is 1. The maximum Gasteiger partial charge on any atom is 0.311 e. The van der Waals surface area contributed by atoms with E-state index < -0.39 is 17.1 Å². The minimum atomic E-state index is -0.668. The van der Waals surface area contributed by atoms with Crippen LogP contribution >= 0.6 is 12.4 Å². The summed E-state index contributed by atoms with van der Waals surface area (Å²) < 4.78 is 4.97. The van der Waals surface area contributed by atoms with Gasteiger partial charge in [0.25, 0.3) is 0 Å². The van der Waals surface area contributed by atoms with Crippen LogP contribution in [0.15, 0.2) is 18.2 Å². The molecule has 0 unspecified atom stereocenters. The Morgan fingerprint density at radius 2 is 2.00 bits per heavy atom. The highest BCUT2D eigenvalue weighted by Crippen LogP contribution is 2.34. The molecule has 2 rings (SSSR count). The van der Waals surface area contributed by atoms with Crippen LogP contribution in [0, 0.1) is 16.0 Å². The Morgan fingerprint density at radius 1 is 1.36 bits per heavy atom. The minimum Gasteiger partial charge on any atom is -0.490 e. The fourth-order valence-corrected chi connectivity index (χ4v) is 3.02. The molecule has 1 saturated carbocycles. The molecule has 1 aliphatic rings. The molecule has 1 aromatic rings. The smallest absolute Gasteiger partial charge is 0.311 e. The number of aliphatic hydroxyl groups is 1. The zero-order valence-corrected chi connectivity index (χ0v) is 13.4. The van der Waals surface area contributed by atoms with Crippen molar-refractivity contribution in [2.24, 2.45) is 11.7 Å². The normalized spacial score (nSPS) is 18.1. The Morgan fingerprint density at radius 3 is 2.55 bits per heavy atom. The Bertz CT molecular complexity index is 506. The van der Waals surface area contributed by atoms with Crippen molar-refractivity contribution in [1.82, 2.24) is 0 Å². The third-order valence-electron chi connectivity index (χ3n) is 4.29. The lowest BCUT2D eigenvalue weighted by atomic mass is 9.81. The van der Waals surface area contributed by atoms with Gasteiger partial charge >= 0.3 is 5.69 Å². The molecule has 124 valence electrons. The van der Waals surface area contributed by atoms with Gasteiger partial charge in [0, 0.05) is 6.07 Å². The first kappa shape index (κ1) is 18.7. The number of methoxy groups -OCH3 is 1. The molecule has 1 aromatic carbocycles. The fourth-order valence-electron chi connectivity index (χ4n) is 3.02. The van der Waals surface area contributed by atoms with E-state index >= 15 is 0 Å². The van der Waals surface area contributed by atoms with Crippen molar-refractivity contribution in [3.63, 3.8) is 0 Å². The van der Waals surface area contributed by atoms with Crippen LogP contribution in [0.4, 0.5) is 5.69 Å². The van der Waals surface area contributed by atoms with Gasteiger partial charge < -0.3 is 15.6 Å². The summed E-state index contributed by atoms with van der Waals surface area (Å²) >= 11 is 0. The molecule has 0 bridgehead atoms. The number of rotatable bonds is 5. The van der Waals surface area contributed by atoms with Crippen LogP contribution in [-0.2, 0) is 0 Å². The molecule has 0 heterocycles. The summed E-state index contributed by atoms with van der Waals surface area (Å²) in [4.78, 5) is 10.6. The van der Waals surface area contributed by atoms with Gasteiger partial charge in [0.2, 0.25) is 0 Å². The zero-order valence-electron chi connectivity index (χ0n) is 12.6. The highest BCUT2D eigenvalue weighted by atomic mass is 35.5. The molecule has 0 spiro atoms. The predicted octanol–water partition coefficient (Wildman–Crippen LogP) is 2.97. The first-order valence-electron chi connectivity index (χ1n) is 7.30. The van der Waals surface area contributed by atoms with Gasteiger partial charge in [-0.05, 0) is 30.4 Å². The molecule has 0 saturated heterocycles. The molecule has 2 atom stereocenters. The van der Waals surface area contributed by atoms with Gasteiger partial charge in [0.1, 0.15) is 0 Å². The summed E-state index contributed by atoms with van der Waals surface area (Å²) in [6.45, 7) is 0. The molecular weight excluding hydrogens is 308 g/mol. The molecular formula is C15H23ClN2O4. The van der Waals surface area contributed by atoms with Crippen LogP contribution in [0.25, 0.3) is 0 Å². The first-order valence-corrected chi connectivity index (χ1v) is 7.30. The monoisotopic (exact) mass is 330 g/mol. The van der Waals surface area contributed by atoms with Gasteiger partial charge in [-0.3, -0.25) is 10.1 Å². The Kier molecular flexibility index (Phi) is 7.06. The molecule has 0 amide bonds. The zero-order chi connectivity index (χ0) is 15.4. The van der Waals surface area contributed by atoms with E-state index in [1.165, 1.54) is 25.7 Å². The van der Waals surface area contributed by atoms with Crippen LogP contribution in [0.3, 0.4) is 0 Å². The standard InChI is InChI=1S/C15H22N2O4.ClH/c1-21-13-8-7-11(9-12(13)17(19)20)14(16)15(18)10-5-3-2-4-6-10;/h7-10,14-15,18H,2-6,16H2,1H3;1H/t14-,15+;/m0./s1. The van der Waals surface area contributed by atoms with E-state index in [9.17, 15) is 15.2 Å². The van der Waals surface area contributed by atoms with Crippen molar-refractivity contribution in [3.8, 4) is 5.75 Å². The summed E-state index contributed by atoms with van der Waals surface area (Å²) in [6, 6.07) is 4.00. The van der Waals surface area contributed by atoms with Crippen molar-refractivity contribution < 1.29 is 14.8 Å². The van der Waals surface area contributed by atoms with Crippen LogP contribution < -0.4 is 10.5 Å². The van der Waals surface area contributed by atoms with E-state index in [1.807, 2.05) is 0 Å². The summed E-state index contributed by atoms with van der Waals surface area (Å²) in [5.41, 5.74) is 6.56. The second-order valence-corrected chi connectivity index (χ2v) is 5.60. The van der Waals surface area contributed by atoms with Gasteiger partial charge in [-0.1, -0.05) is 25.3 Å². The second-order valence-electron chi connectivity index (χ2n) is 5.60. The number of aliphatic hydroxyl groups excluding tert-OH is 1. The molecule has 1 fully saturated rings.